The third-order valence-electron chi connectivity index (χ3n) is 0.938. The van der Waals surface area contributed by atoms with Crippen LogP contribution in [0.2, 0.25) is 12.1 Å². The summed E-state index contributed by atoms with van der Waals surface area (Å²) in [6, 6.07) is 2.46. The maximum absolute atomic E-state index is 9.55. The maximum Gasteiger partial charge on any atom is 0.234 e. The average Bonchev–Trinajstić information content (AvgIpc) is 1.89. The molecule has 0 aromatic heterocycles. The van der Waals surface area contributed by atoms with Gasteiger partial charge in [0.2, 0.25) is 6.08 Å². The molecule has 0 aliphatic heterocycles. The van der Waals surface area contributed by atoms with Crippen LogP contribution >= 0.6 is 0 Å². The fourth-order valence-corrected chi connectivity index (χ4v) is 1.27. The monoisotopic (exact) mass is 141 g/mol. The van der Waals surface area contributed by atoms with E-state index in [9.17, 15) is 4.79 Å². The number of rotatable bonds is 5. The lowest BCUT2D eigenvalue weighted by Crippen LogP contribution is -1.87. The summed E-state index contributed by atoms with van der Waals surface area (Å²) in [5.41, 5.74) is 0. The molecule has 2 nitrogen and oxygen atoms in total. The van der Waals surface area contributed by atoms with Crippen molar-refractivity contribution in [1.82, 2.24) is 0 Å². The molecule has 0 aliphatic rings. The summed E-state index contributed by atoms with van der Waals surface area (Å²) in [4.78, 5) is 13.0. The summed E-state index contributed by atoms with van der Waals surface area (Å²) in [6.07, 6.45) is 2.57. The molecule has 0 spiro atoms. The van der Waals surface area contributed by atoms with E-state index in [0.29, 0.717) is 6.54 Å². The second kappa shape index (κ2) is 7.60. The van der Waals surface area contributed by atoms with Crippen molar-refractivity contribution in [2.45, 2.75) is 25.4 Å². The van der Waals surface area contributed by atoms with Crippen molar-refractivity contribution >= 4 is 15.6 Å². The molecule has 0 saturated carbocycles. The first-order chi connectivity index (χ1) is 4.41. The first-order valence-corrected chi connectivity index (χ1v) is 4.57. The van der Waals surface area contributed by atoms with Crippen LogP contribution in [0, 0.1) is 0 Å². The number of isocyanates is 1. The van der Waals surface area contributed by atoms with Gasteiger partial charge in [-0.25, -0.2) is 9.79 Å². The van der Waals surface area contributed by atoms with E-state index in [-0.39, 0.29) is 0 Å². The van der Waals surface area contributed by atoms with Gasteiger partial charge in [-0.15, -0.1) is 0 Å². The summed E-state index contributed by atoms with van der Waals surface area (Å²) in [5, 5.41) is 0. The van der Waals surface area contributed by atoms with Gasteiger partial charge in [-0.3, -0.25) is 0 Å². The van der Waals surface area contributed by atoms with Crippen LogP contribution in [0.4, 0.5) is 0 Å². The molecule has 0 heterocycles. The predicted octanol–water partition coefficient (Wildman–Crippen LogP) is 1.27. The summed E-state index contributed by atoms with van der Waals surface area (Å²) in [5.74, 6) is 0. The Morgan fingerprint density at radius 3 is 3.00 bits per heavy atom. The Hall–Kier alpha value is -0.403. The Morgan fingerprint density at radius 2 is 2.44 bits per heavy atom. The van der Waals surface area contributed by atoms with Crippen molar-refractivity contribution in [3.05, 3.63) is 0 Å². The average molecular weight is 141 g/mol. The van der Waals surface area contributed by atoms with Crippen LogP contribution in [-0.2, 0) is 4.79 Å². The van der Waals surface area contributed by atoms with Crippen molar-refractivity contribution in [2.75, 3.05) is 6.54 Å². The highest BCUT2D eigenvalue weighted by atomic mass is 28.2. The van der Waals surface area contributed by atoms with Crippen LogP contribution in [0.3, 0.4) is 0 Å². The quantitative estimate of drug-likeness (QED) is 0.245. The number of aliphatic imine (C=N–C) groups is 1. The van der Waals surface area contributed by atoms with Crippen LogP contribution < -0.4 is 0 Å². The molecule has 0 bridgehead atoms. The molecule has 0 saturated heterocycles. The van der Waals surface area contributed by atoms with Gasteiger partial charge in [0.05, 0.1) is 6.54 Å². The van der Waals surface area contributed by atoms with E-state index >= 15 is 0 Å². The van der Waals surface area contributed by atoms with Gasteiger partial charge in [0.15, 0.2) is 0 Å². The highest BCUT2D eigenvalue weighted by molar-refractivity contribution is 6.35. The normalized spacial score (nSPS) is 8.56. The van der Waals surface area contributed by atoms with Gasteiger partial charge >= 0.3 is 0 Å². The highest BCUT2D eigenvalue weighted by Gasteiger charge is 1.84. The van der Waals surface area contributed by atoms with Crippen LogP contribution in [0.15, 0.2) is 4.99 Å². The molecule has 0 amide bonds. The number of carbonyl (C=O) groups excluding carboxylic acids is 1. The Morgan fingerprint density at radius 1 is 1.67 bits per heavy atom. The maximum atomic E-state index is 9.55. The van der Waals surface area contributed by atoms with Gasteiger partial charge in [0.1, 0.15) is 0 Å². The van der Waals surface area contributed by atoms with Crippen molar-refractivity contribution < 1.29 is 4.79 Å². The predicted molar refractivity (Wildman–Crippen MR) is 38.6 cm³/mol. The molecule has 50 valence electrons. The van der Waals surface area contributed by atoms with E-state index in [1.807, 2.05) is 0 Å². The molecule has 0 aromatic rings. The molecule has 0 atom stereocenters. The topological polar surface area (TPSA) is 29.4 Å². The minimum Gasteiger partial charge on any atom is -0.211 e. The molecule has 0 unspecified atom stereocenters. The summed E-state index contributed by atoms with van der Waals surface area (Å²) in [6.45, 7) is 2.83. The second-order valence-electron chi connectivity index (χ2n) is 1.68. The Labute approximate surface area is 58.2 Å². The fraction of sp³-hybridized carbons (Fsp3) is 0.833. The first kappa shape index (κ1) is 8.60. The lowest BCUT2D eigenvalue weighted by Gasteiger charge is -1.89. The SMILES string of the molecule is CC[Si]CCCN=C=O. The lowest BCUT2D eigenvalue weighted by atomic mass is 10.5. The van der Waals surface area contributed by atoms with E-state index in [4.69, 9.17) is 0 Å². The van der Waals surface area contributed by atoms with Crippen LogP contribution in [0.25, 0.3) is 0 Å². The lowest BCUT2D eigenvalue weighted by molar-refractivity contribution is 0.562. The zero-order chi connectivity index (χ0) is 6.95. The standard InChI is InChI=1S/C6H11NOSi/c1-2-9-5-3-4-7-6-8/h2-5H2,1H3. The summed E-state index contributed by atoms with van der Waals surface area (Å²) in [7, 11) is 1.04. The third kappa shape index (κ3) is 7.60. The third-order valence-corrected chi connectivity index (χ3v) is 2.15. The molecular formula is C6H11NOSi. The molecule has 0 aromatic carbocycles. The van der Waals surface area contributed by atoms with Crippen LogP contribution in [-0.4, -0.2) is 22.1 Å². The van der Waals surface area contributed by atoms with E-state index < -0.39 is 0 Å². The van der Waals surface area contributed by atoms with Gasteiger partial charge in [0, 0.05) is 9.52 Å². The summed E-state index contributed by atoms with van der Waals surface area (Å²) < 4.78 is 0. The minimum atomic E-state index is 0.663. The van der Waals surface area contributed by atoms with Gasteiger partial charge in [-0.1, -0.05) is 19.0 Å². The molecule has 0 fully saturated rings. The van der Waals surface area contributed by atoms with Crippen molar-refractivity contribution in [2.24, 2.45) is 4.99 Å². The zero-order valence-electron chi connectivity index (χ0n) is 5.68. The van der Waals surface area contributed by atoms with Crippen LogP contribution in [0.5, 0.6) is 0 Å². The Balaban J connectivity index is 2.82. The van der Waals surface area contributed by atoms with Crippen molar-refractivity contribution in [3.63, 3.8) is 0 Å². The summed E-state index contributed by atoms with van der Waals surface area (Å²) >= 11 is 0. The Bertz CT molecular complexity index is 99.2. The van der Waals surface area contributed by atoms with E-state index in [2.05, 4.69) is 11.9 Å². The van der Waals surface area contributed by atoms with Gasteiger partial charge in [0.25, 0.3) is 0 Å². The molecule has 0 N–H and O–H groups in total. The molecule has 9 heavy (non-hydrogen) atoms. The fourth-order valence-electron chi connectivity index (χ4n) is 0.506. The second-order valence-corrected chi connectivity index (χ2v) is 3.39. The van der Waals surface area contributed by atoms with Crippen LogP contribution in [0.1, 0.15) is 13.3 Å². The van der Waals surface area contributed by atoms with E-state index in [0.717, 1.165) is 15.9 Å². The number of hydrogen-bond acceptors (Lipinski definition) is 2. The Kier molecular flexibility index (Phi) is 7.26. The molecular weight excluding hydrogens is 130 g/mol. The number of hydrogen-bond donors (Lipinski definition) is 0. The van der Waals surface area contributed by atoms with Gasteiger partial charge < -0.3 is 0 Å². The van der Waals surface area contributed by atoms with Crippen molar-refractivity contribution in [1.29, 1.82) is 0 Å². The van der Waals surface area contributed by atoms with Gasteiger partial charge in [-0.2, -0.15) is 0 Å². The highest BCUT2D eigenvalue weighted by Crippen LogP contribution is 1.90. The van der Waals surface area contributed by atoms with Crippen molar-refractivity contribution in [3.8, 4) is 0 Å². The van der Waals surface area contributed by atoms with Gasteiger partial charge in [-0.05, 0) is 6.42 Å². The van der Waals surface area contributed by atoms with E-state index in [1.165, 1.54) is 18.2 Å². The minimum absolute atomic E-state index is 0.663. The molecule has 2 radical (unpaired) electrons. The largest absolute Gasteiger partial charge is 0.234 e. The molecule has 0 rings (SSSR count). The number of nitrogens with zero attached hydrogens (tertiary/aromatic N) is 1. The zero-order valence-corrected chi connectivity index (χ0v) is 6.68. The molecule has 0 aliphatic carbocycles. The van der Waals surface area contributed by atoms with E-state index in [1.54, 1.807) is 0 Å². The molecule has 3 heteroatoms. The smallest absolute Gasteiger partial charge is 0.211 e. The first-order valence-electron chi connectivity index (χ1n) is 3.16.